The second kappa shape index (κ2) is 4.56. The minimum Gasteiger partial charge on any atom is -0.204 e. The van der Waals surface area contributed by atoms with Crippen molar-refractivity contribution in [1.82, 2.24) is 0 Å². The number of benzene rings is 1. The molecule has 17 heavy (non-hydrogen) atoms. The molecule has 1 aliphatic rings. The molecule has 3 heteroatoms. The molecule has 1 aliphatic carbocycles. The molecule has 1 aromatic rings. The molecule has 2 atom stereocenters. The standard InChI is InChI=1S/C14H17ClF2/c1-14(2)7-3-4-10(14)13(15)9-5-6-11(16)12(17)8-9/h5-6,8,10,13H,3-4,7H2,1-2H3. The Morgan fingerprint density at radius 1 is 1.29 bits per heavy atom. The molecule has 0 N–H and O–H groups in total. The van der Waals surface area contributed by atoms with Gasteiger partial charge in [0.05, 0.1) is 5.38 Å². The van der Waals surface area contributed by atoms with E-state index in [0.717, 1.165) is 25.3 Å². The first-order valence-electron chi connectivity index (χ1n) is 6.01. The van der Waals surface area contributed by atoms with Crippen LogP contribution in [-0.4, -0.2) is 0 Å². The second-order valence-electron chi connectivity index (χ2n) is 5.56. The molecule has 0 saturated heterocycles. The summed E-state index contributed by atoms with van der Waals surface area (Å²) in [5, 5.41) is -0.234. The molecule has 0 aliphatic heterocycles. The van der Waals surface area contributed by atoms with Crippen molar-refractivity contribution in [2.75, 3.05) is 0 Å². The highest BCUT2D eigenvalue weighted by molar-refractivity contribution is 6.21. The quantitative estimate of drug-likeness (QED) is 0.650. The molecule has 0 spiro atoms. The average Bonchev–Trinajstić information content (AvgIpc) is 2.61. The van der Waals surface area contributed by atoms with E-state index in [1.807, 2.05) is 0 Å². The summed E-state index contributed by atoms with van der Waals surface area (Å²) < 4.78 is 26.1. The molecular weight excluding hydrogens is 242 g/mol. The van der Waals surface area contributed by atoms with E-state index in [0.29, 0.717) is 11.5 Å². The van der Waals surface area contributed by atoms with Crippen molar-refractivity contribution in [1.29, 1.82) is 0 Å². The van der Waals surface area contributed by atoms with Gasteiger partial charge in [-0.3, -0.25) is 0 Å². The second-order valence-corrected chi connectivity index (χ2v) is 6.03. The molecule has 0 aromatic heterocycles. The lowest BCUT2D eigenvalue weighted by Gasteiger charge is -2.31. The lowest BCUT2D eigenvalue weighted by atomic mass is 9.78. The van der Waals surface area contributed by atoms with E-state index in [4.69, 9.17) is 11.6 Å². The van der Waals surface area contributed by atoms with Crippen molar-refractivity contribution >= 4 is 11.6 Å². The van der Waals surface area contributed by atoms with Crippen LogP contribution < -0.4 is 0 Å². The minimum absolute atomic E-state index is 0.178. The van der Waals surface area contributed by atoms with Crippen LogP contribution in [0.2, 0.25) is 0 Å². The molecule has 1 saturated carbocycles. The third kappa shape index (κ3) is 2.47. The highest BCUT2D eigenvalue weighted by Gasteiger charge is 2.39. The summed E-state index contributed by atoms with van der Waals surface area (Å²) in [6.45, 7) is 4.39. The van der Waals surface area contributed by atoms with Gasteiger partial charge in [0.1, 0.15) is 0 Å². The van der Waals surface area contributed by atoms with Crippen molar-refractivity contribution in [2.45, 2.75) is 38.5 Å². The summed E-state index contributed by atoms with van der Waals surface area (Å²) in [5.74, 6) is -1.30. The maximum absolute atomic E-state index is 13.2. The molecule has 94 valence electrons. The van der Waals surface area contributed by atoms with Crippen LogP contribution in [-0.2, 0) is 0 Å². The van der Waals surface area contributed by atoms with Gasteiger partial charge >= 0.3 is 0 Å². The summed E-state index contributed by atoms with van der Waals surface area (Å²) in [5.41, 5.74) is 0.864. The maximum atomic E-state index is 13.2. The summed E-state index contributed by atoms with van der Waals surface area (Å²) in [7, 11) is 0. The molecule has 0 amide bonds. The first-order valence-corrected chi connectivity index (χ1v) is 6.44. The zero-order chi connectivity index (χ0) is 12.6. The van der Waals surface area contributed by atoms with Crippen LogP contribution in [0.4, 0.5) is 8.78 Å². The molecule has 0 nitrogen and oxygen atoms in total. The van der Waals surface area contributed by atoms with Crippen LogP contribution in [0.1, 0.15) is 44.1 Å². The first kappa shape index (κ1) is 12.8. The van der Waals surface area contributed by atoms with Gasteiger partial charge in [0.25, 0.3) is 0 Å². The highest BCUT2D eigenvalue weighted by Crippen LogP contribution is 2.51. The zero-order valence-corrected chi connectivity index (χ0v) is 10.9. The van der Waals surface area contributed by atoms with E-state index < -0.39 is 11.6 Å². The summed E-state index contributed by atoms with van der Waals surface area (Å²) >= 11 is 6.43. The average molecular weight is 259 g/mol. The van der Waals surface area contributed by atoms with Gasteiger partial charge in [0, 0.05) is 0 Å². The molecular formula is C14H17ClF2. The van der Waals surface area contributed by atoms with E-state index in [1.54, 1.807) is 6.07 Å². The SMILES string of the molecule is CC1(C)CCCC1C(Cl)c1ccc(F)c(F)c1. The Morgan fingerprint density at radius 3 is 2.53 bits per heavy atom. The van der Waals surface area contributed by atoms with Crippen LogP contribution in [0.15, 0.2) is 18.2 Å². The summed E-state index contributed by atoms with van der Waals surface area (Å²) in [6, 6.07) is 3.97. The fourth-order valence-corrected chi connectivity index (χ4v) is 3.42. The lowest BCUT2D eigenvalue weighted by Crippen LogP contribution is -2.21. The zero-order valence-electron chi connectivity index (χ0n) is 10.1. The van der Waals surface area contributed by atoms with Gasteiger partial charge in [-0.2, -0.15) is 0 Å². The van der Waals surface area contributed by atoms with Crippen LogP contribution in [0, 0.1) is 23.0 Å². The monoisotopic (exact) mass is 258 g/mol. The van der Waals surface area contributed by atoms with E-state index in [2.05, 4.69) is 13.8 Å². The van der Waals surface area contributed by atoms with Gasteiger partial charge < -0.3 is 0 Å². The lowest BCUT2D eigenvalue weighted by molar-refractivity contribution is 0.252. The molecule has 2 rings (SSSR count). The number of halogens is 3. The Kier molecular flexibility index (Phi) is 3.44. The Labute approximate surface area is 106 Å². The number of hydrogen-bond donors (Lipinski definition) is 0. The first-order chi connectivity index (χ1) is 7.92. The molecule has 0 radical (unpaired) electrons. The number of alkyl halides is 1. The topological polar surface area (TPSA) is 0 Å². The van der Waals surface area contributed by atoms with Gasteiger partial charge in [-0.15, -0.1) is 11.6 Å². The van der Waals surface area contributed by atoms with Crippen molar-refractivity contribution in [3.05, 3.63) is 35.4 Å². The molecule has 1 fully saturated rings. The smallest absolute Gasteiger partial charge is 0.159 e. The molecule has 0 bridgehead atoms. The van der Waals surface area contributed by atoms with E-state index in [-0.39, 0.29) is 10.8 Å². The van der Waals surface area contributed by atoms with Crippen molar-refractivity contribution < 1.29 is 8.78 Å². The summed E-state index contributed by atoms with van der Waals surface area (Å²) in [6.07, 6.45) is 3.36. The van der Waals surface area contributed by atoms with Crippen LogP contribution >= 0.6 is 11.6 Å². The third-order valence-corrected chi connectivity index (χ3v) is 4.51. The fraction of sp³-hybridized carbons (Fsp3) is 0.571. The maximum Gasteiger partial charge on any atom is 0.159 e. The highest BCUT2D eigenvalue weighted by atomic mass is 35.5. The van der Waals surface area contributed by atoms with Gasteiger partial charge in [0.15, 0.2) is 11.6 Å². The van der Waals surface area contributed by atoms with E-state index in [1.165, 1.54) is 6.07 Å². The van der Waals surface area contributed by atoms with Gasteiger partial charge in [-0.1, -0.05) is 26.3 Å². The Hall–Kier alpha value is -0.630. The van der Waals surface area contributed by atoms with Crippen LogP contribution in [0.3, 0.4) is 0 Å². The third-order valence-electron chi connectivity index (χ3n) is 3.96. The Bertz CT molecular complexity index is 415. The predicted octanol–water partition coefficient (Wildman–Crippen LogP) is 5.07. The van der Waals surface area contributed by atoms with Gasteiger partial charge in [0.2, 0.25) is 0 Å². The van der Waals surface area contributed by atoms with Crippen molar-refractivity contribution in [2.24, 2.45) is 11.3 Å². The van der Waals surface area contributed by atoms with Crippen molar-refractivity contribution in [3.63, 3.8) is 0 Å². The fourth-order valence-electron chi connectivity index (χ4n) is 2.81. The van der Waals surface area contributed by atoms with Gasteiger partial charge in [-0.05, 0) is 41.9 Å². The Balaban J connectivity index is 2.25. The Morgan fingerprint density at radius 2 is 2.00 bits per heavy atom. The number of rotatable bonds is 2. The number of hydrogen-bond acceptors (Lipinski definition) is 0. The molecule has 1 aromatic carbocycles. The minimum atomic E-state index is -0.816. The summed E-state index contributed by atoms with van der Waals surface area (Å²) in [4.78, 5) is 0. The van der Waals surface area contributed by atoms with Crippen LogP contribution in [0.25, 0.3) is 0 Å². The van der Waals surface area contributed by atoms with Crippen molar-refractivity contribution in [3.8, 4) is 0 Å². The van der Waals surface area contributed by atoms with Crippen LogP contribution in [0.5, 0.6) is 0 Å². The largest absolute Gasteiger partial charge is 0.204 e. The van der Waals surface area contributed by atoms with Gasteiger partial charge in [-0.25, -0.2) is 8.78 Å². The van der Waals surface area contributed by atoms with E-state index in [9.17, 15) is 8.78 Å². The normalized spacial score (nSPS) is 24.9. The molecule has 0 heterocycles. The molecule has 2 unspecified atom stereocenters. The van der Waals surface area contributed by atoms with E-state index >= 15 is 0 Å². The predicted molar refractivity (Wildman–Crippen MR) is 66.1 cm³/mol.